The van der Waals surface area contributed by atoms with Gasteiger partial charge in [-0.1, -0.05) is 18.2 Å². The van der Waals surface area contributed by atoms with Crippen molar-refractivity contribution >= 4 is 15.9 Å². The molecule has 15 heavy (non-hydrogen) atoms. The van der Waals surface area contributed by atoms with Gasteiger partial charge < -0.3 is 5.73 Å². The lowest BCUT2D eigenvalue weighted by molar-refractivity contribution is 0.789. The Balaban J connectivity index is 2.44. The van der Waals surface area contributed by atoms with Gasteiger partial charge in [0.2, 0.25) is 0 Å². The molecule has 78 valence electrons. The maximum Gasteiger partial charge on any atom is 0.0649 e. The first-order valence-corrected chi connectivity index (χ1v) is 5.60. The third kappa shape index (κ3) is 2.11. The van der Waals surface area contributed by atoms with Crippen molar-refractivity contribution in [2.24, 2.45) is 5.73 Å². The molecule has 4 heteroatoms. The Morgan fingerprint density at radius 3 is 2.67 bits per heavy atom. The van der Waals surface area contributed by atoms with Gasteiger partial charge in [-0.05, 0) is 34.6 Å². The second-order valence-electron chi connectivity index (χ2n) is 3.23. The Kier molecular flexibility index (Phi) is 3.18. The molecule has 0 aliphatic rings. The number of para-hydroxylation sites is 1. The van der Waals surface area contributed by atoms with Crippen LogP contribution in [0.2, 0.25) is 0 Å². The van der Waals surface area contributed by atoms with Gasteiger partial charge in [0.1, 0.15) is 0 Å². The molecular formula is C11H12BrN3. The van der Waals surface area contributed by atoms with Crippen molar-refractivity contribution in [3.05, 3.63) is 46.7 Å². The van der Waals surface area contributed by atoms with Crippen molar-refractivity contribution in [2.75, 3.05) is 6.54 Å². The topological polar surface area (TPSA) is 43.8 Å². The van der Waals surface area contributed by atoms with Crippen molar-refractivity contribution in [1.82, 2.24) is 9.78 Å². The third-order valence-corrected chi connectivity index (χ3v) is 2.86. The maximum absolute atomic E-state index is 5.57. The second kappa shape index (κ2) is 4.59. The van der Waals surface area contributed by atoms with Crippen LogP contribution in [0.15, 0.2) is 41.0 Å². The maximum atomic E-state index is 5.57. The molecule has 0 spiro atoms. The molecule has 0 bridgehead atoms. The molecule has 0 aliphatic heterocycles. The molecule has 0 unspecified atom stereocenters. The molecule has 0 radical (unpaired) electrons. The summed E-state index contributed by atoms with van der Waals surface area (Å²) in [5.74, 6) is 0. The summed E-state index contributed by atoms with van der Waals surface area (Å²) in [7, 11) is 0. The van der Waals surface area contributed by atoms with Crippen molar-refractivity contribution < 1.29 is 0 Å². The Morgan fingerprint density at radius 2 is 2.00 bits per heavy atom. The van der Waals surface area contributed by atoms with Crippen LogP contribution in [0, 0.1) is 0 Å². The first kappa shape index (κ1) is 10.4. The molecular weight excluding hydrogens is 254 g/mol. The fourth-order valence-corrected chi connectivity index (χ4v) is 1.97. The number of hydrogen-bond donors (Lipinski definition) is 1. The zero-order valence-electron chi connectivity index (χ0n) is 8.23. The molecule has 2 aromatic rings. The predicted octanol–water partition coefficient (Wildman–Crippen LogP) is 2.14. The molecule has 3 nitrogen and oxygen atoms in total. The van der Waals surface area contributed by atoms with Gasteiger partial charge in [0.15, 0.2) is 0 Å². The molecule has 0 amide bonds. The lowest BCUT2D eigenvalue weighted by atomic mass is 10.3. The largest absolute Gasteiger partial charge is 0.330 e. The zero-order valence-corrected chi connectivity index (χ0v) is 9.81. The average Bonchev–Trinajstić information content (AvgIpc) is 2.63. The summed E-state index contributed by atoms with van der Waals surface area (Å²) < 4.78 is 2.92. The van der Waals surface area contributed by atoms with Crippen molar-refractivity contribution in [2.45, 2.75) is 6.42 Å². The second-order valence-corrected chi connectivity index (χ2v) is 4.08. The Labute approximate surface area is 97.0 Å². The lowest BCUT2D eigenvalue weighted by Gasteiger charge is -2.06. The fraction of sp³-hybridized carbons (Fsp3) is 0.182. The Morgan fingerprint density at radius 1 is 1.27 bits per heavy atom. The number of nitrogens with two attached hydrogens (primary N) is 1. The van der Waals surface area contributed by atoms with E-state index in [1.165, 1.54) is 0 Å². The van der Waals surface area contributed by atoms with Crippen LogP contribution in [0.4, 0.5) is 0 Å². The van der Waals surface area contributed by atoms with Gasteiger partial charge in [-0.15, -0.1) is 0 Å². The van der Waals surface area contributed by atoms with Gasteiger partial charge in [0.05, 0.1) is 22.1 Å². The number of halogens is 1. The van der Waals surface area contributed by atoms with Gasteiger partial charge in [-0.25, -0.2) is 4.68 Å². The van der Waals surface area contributed by atoms with Crippen LogP contribution in [0.1, 0.15) is 5.69 Å². The fourth-order valence-electron chi connectivity index (χ4n) is 1.51. The van der Waals surface area contributed by atoms with E-state index in [2.05, 4.69) is 21.0 Å². The standard InChI is InChI=1S/C11H12BrN3/c12-10-8-14-15(11(10)6-7-13)9-4-2-1-3-5-9/h1-5,8H,6-7,13H2. The highest BCUT2D eigenvalue weighted by molar-refractivity contribution is 9.10. The molecule has 1 heterocycles. The van der Waals surface area contributed by atoms with Crippen LogP contribution in [0.25, 0.3) is 5.69 Å². The molecule has 1 aromatic carbocycles. The summed E-state index contributed by atoms with van der Waals surface area (Å²) in [6.45, 7) is 0.622. The van der Waals surface area contributed by atoms with E-state index in [-0.39, 0.29) is 0 Å². The first-order chi connectivity index (χ1) is 7.33. The van der Waals surface area contributed by atoms with Gasteiger partial charge >= 0.3 is 0 Å². The van der Waals surface area contributed by atoms with Crippen LogP contribution in [0.3, 0.4) is 0 Å². The normalized spacial score (nSPS) is 10.5. The molecule has 2 N–H and O–H groups in total. The van der Waals surface area contributed by atoms with Crippen LogP contribution in [0.5, 0.6) is 0 Å². The molecule has 0 atom stereocenters. The van der Waals surface area contributed by atoms with Gasteiger partial charge in [0.25, 0.3) is 0 Å². The van der Waals surface area contributed by atoms with E-state index in [9.17, 15) is 0 Å². The first-order valence-electron chi connectivity index (χ1n) is 4.81. The summed E-state index contributed by atoms with van der Waals surface area (Å²) >= 11 is 3.48. The van der Waals surface area contributed by atoms with E-state index in [1.807, 2.05) is 35.0 Å². The van der Waals surface area contributed by atoms with Crippen molar-refractivity contribution in [3.63, 3.8) is 0 Å². The highest BCUT2D eigenvalue weighted by Gasteiger charge is 2.08. The van der Waals surface area contributed by atoms with E-state index in [0.29, 0.717) is 6.54 Å². The van der Waals surface area contributed by atoms with Crippen molar-refractivity contribution in [3.8, 4) is 5.69 Å². The van der Waals surface area contributed by atoms with E-state index in [0.717, 1.165) is 22.3 Å². The molecule has 0 fully saturated rings. The molecule has 0 aliphatic carbocycles. The minimum absolute atomic E-state index is 0.622. The minimum atomic E-state index is 0.622. The van der Waals surface area contributed by atoms with Crippen LogP contribution in [-0.4, -0.2) is 16.3 Å². The SMILES string of the molecule is NCCc1c(Br)cnn1-c1ccccc1. The predicted molar refractivity (Wildman–Crippen MR) is 64.0 cm³/mol. The number of rotatable bonds is 3. The minimum Gasteiger partial charge on any atom is -0.330 e. The van der Waals surface area contributed by atoms with Gasteiger partial charge in [0, 0.05) is 6.42 Å². The number of benzene rings is 1. The molecule has 1 aromatic heterocycles. The zero-order chi connectivity index (χ0) is 10.7. The van der Waals surface area contributed by atoms with Crippen LogP contribution < -0.4 is 5.73 Å². The lowest BCUT2D eigenvalue weighted by Crippen LogP contribution is -2.09. The summed E-state index contributed by atoms with van der Waals surface area (Å²) in [4.78, 5) is 0. The van der Waals surface area contributed by atoms with Crippen LogP contribution >= 0.6 is 15.9 Å². The van der Waals surface area contributed by atoms with Gasteiger partial charge in [-0.3, -0.25) is 0 Å². The van der Waals surface area contributed by atoms with Crippen LogP contribution in [-0.2, 0) is 6.42 Å². The smallest absolute Gasteiger partial charge is 0.0649 e. The Bertz CT molecular complexity index is 436. The van der Waals surface area contributed by atoms with E-state index in [4.69, 9.17) is 5.73 Å². The molecule has 0 saturated heterocycles. The third-order valence-electron chi connectivity index (χ3n) is 2.20. The highest BCUT2D eigenvalue weighted by atomic mass is 79.9. The number of hydrogen-bond acceptors (Lipinski definition) is 2. The Hall–Kier alpha value is -1.13. The van der Waals surface area contributed by atoms with E-state index in [1.54, 1.807) is 6.20 Å². The average molecular weight is 266 g/mol. The quantitative estimate of drug-likeness (QED) is 0.924. The van der Waals surface area contributed by atoms with E-state index >= 15 is 0 Å². The summed E-state index contributed by atoms with van der Waals surface area (Å²) in [6.07, 6.45) is 2.62. The summed E-state index contributed by atoms with van der Waals surface area (Å²) in [5, 5.41) is 4.32. The summed E-state index contributed by atoms with van der Waals surface area (Å²) in [6, 6.07) is 10.0. The van der Waals surface area contributed by atoms with E-state index < -0.39 is 0 Å². The summed E-state index contributed by atoms with van der Waals surface area (Å²) in [5.41, 5.74) is 7.75. The number of aromatic nitrogens is 2. The molecule has 2 rings (SSSR count). The van der Waals surface area contributed by atoms with Gasteiger partial charge in [-0.2, -0.15) is 5.10 Å². The monoisotopic (exact) mass is 265 g/mol. The molecule has 0 saturated carbocycles. The van der Waals surface area contributed by atoms with Crippen molar-refractivity contribution in [1.29, 1.82) is 0 Å². The number of nitrogens with zero attached hydrogens (tertiary/aromatic N) is 2. The highest BCUT2D eigenvalue weighted by Crippen LogP contribution is 2.19.